The first-order chi connectivity index (χ1) is 19.3. The van der Waals surface area contributed by atoms with Gasteiger partial charge in [-0.2, -0.15) is 0 Å². The maximum atomic E-state index is 14.0. The zero-order valence-electron chi connectivity index (χ0n) is 24.3. The van der Waals surface area contributed by atoms with Gasteiger partial charge in [0.1, 0.15) is 11.6 Å². The molecule has 1 amide bonds. The third kappa shape index (κ3) is 10.2. The second kappa shape index (κ2) is 16.8. The van der Waals surface area contributed by atoms with Crippen LogP contribution >= 0.6 is 0 Å². The van der Waals surface area contributed by atoms with Crippen LogP contribution in [0, 0.1) is 11.6 Å². The van der Waals surface area contributed by atoms with E-state index in [4.69, 9.17) is 4.74 Å². The van der Waals surface area contributed by atoms with Gasteiger partial charge >= 0.3 is 0 Å². The molecule has 1 saturated heterocycles. The van der Waals surface area contributed by atoms with Gasteiger partial charge in [-0.05, 0) is 67.3 Å². The summed E-state index contributed by atoms with van der Waals surface area (Å²) in [5.74, 6) is -1.52. The smallest absolute Gasteiger partial charge is 0.237 e. The van der Waals surface area contributed by atoms with E-state index in [1.54, 1.807) is 0 Å². The minimum Gasteiger partial charge on any atom is -0.390 e. The summed E-state index contributed by atoms with van der Waals surface area (Å²) in [5, 5.41) is 17.5. The summed E-state index contributed by atoms with van der Waals surface area (Å²) >= 11 is 0. The van der Waals surface area contributed by atoms with Crippen molar-refractivity contribution >= 4 is 5.91 Å². The van der Waals surface area contributed by atoms with E-state index in [0.29, 0.717) is 18.5 Å². The van der Waals surface area contributed by atoms with Crippen LogP contribution < -0.4 is 10.6 Å². The molecule has 0 unspecified atom stereocenters. The van der Waals surface area contributed by atoms with Crippen molar-refractivity contribution < 1.29 is 23.4 Å². The SMILES string of the molecule is CCCOC1CCN([C@@H](CCC)C(=O)N[C@@H](Cc2cc(F)cc(F)c2)[C@@H](O)CNCc2cccc(CC)c2)CC1. The first-order valence-corrected chi connectivity index (χ1v) is 14.9. The predicted molar refractivity (Wildman–Crippen MR) is 155 cm³/mol. The van der Waals surface area contributed by atoms with Crippen LogP contribution in [0.25, 0.3) is 0 Å². The molecule has 0 spiro atoms. The summed E-state index contributed by atoms with van der Waals surface area (Å²) in [4.78, 5) is 15.8. The molecule has 6 nitrogen and oxygen atoms in total. The molecule has 0 bridgehead atoms. The highest BCUT2D eigenvalue weighted by molar-refractivity contribution is 5.82. The van der Waals surface area contributed by atoms with Crippen molar-refractivity contribution in [2.75, 3.05) is 26.2 Å². The third-order valence-corrected chi connectivity index (χ3v) is 7.59. The van der Waals surface area contributed by atoms with Crippen LogP contribution in [0.4, 0.5) is 8.78 Å². The average molecular weight is 560 g/mol. The van der Waals surface area contributed by atoms with Crippen molar-refractivity contribution in [3.63, 3.8) is 0 Å². The van der Waals surface area contributed by atoms with E-state index in [9.17, 15) is 18.7 Å². The van der Waals surface area contributed by atoms with Crippen molar-refractivity contribution in [1.29, 1.82) is 0 Å². The molecule has 222 valence electrons. The Bertz CT molecular complexity index is 1030. The molecule has 1 heterocycles. The van der Waals surface area contributed by atoms with E-state index in [2.05, 4.69) is 48.4 Å². The number of carbonyl (C=O) groups excluding carboxylic acids is 1. The van der Waals surface area contributed by atoms with E-state index < -0.39 is 23.8 Å². The standard InChI is InChI=1S/C32H47F2N3O3/c1-4-8-30(37-13-11-28(12-14-37)40-15-5-2)32(39)36-29(19-25-17-26(33)20-27(34)18-25)31(38)22-35-21-24-10-7-9-23(6-3)16-24/h7,9-10,16-18,20,28-31,35,38H,4-6,8,11-15,19,21-22H2,1-3H3,(H,36,39)/t29-,30-,31-/m0/s1. The molecule has 8 heteroatoms. The molecule has 2 aromatic carbocycles. The molecule has 1 fully saturated rings. The van der Waals surface area contributed by atoms with E-state index in [1.807, 2.05) is 12.1 Å². The third-order valence-electron chi connectivity index (χ3n) is 7.59. The number of halogens is 2. The molecule has 1 aliphatic heterocycles. The minimum atomic E-state index is -0.958. The van der Waals surface area contributed by atoms with Crippen LogP contribution in [-0.4, -0.2) is 66.4 Å². The van der Waals surface area contributed by atoms with E-state index >= 15 is 0 Å². The number of likely N-dealkylation sites (tertiary alicyclic amines) is 1. The number of hydrogen-bond acceptors (Lipinski definition) is 5. The maximum Gasteiger partial charge on any atom is 0.237 e. The van der Waals surface area contributed by atoms with Crippen LogP contribution in [0.1, 0.15) is 69.6 Å². The zero-order valence-corrected chi connectivity index (χ0v) is 24.3. The number of hydrogen-bond donors (Lipinski definition) is 3. The molecule has 0 aromatic heterocycles. The van der Waals surface area contributed by atoms with E-state index in [0.717, 1.165) is 63.4 Å². The first kappa shape index (κ1) is 32.1. The highest BCUT2D eigenvalue weighted by Gasteiger charge is 2.32. The van der Waals surface area contributed by atoms with Crippen molar-refractivity contribution in [2.24, 2.45) is 0 Å². The van der Waals surface area contributed by atoms with Crippen LogP contribution in [0.15, 0.2) is 42.5 Å². The molecule has 3 N–H and O–H groups in total. The number of benzene rings is 2. The molecule has 0 radical (unpaired) electrons. The Morgan fingerprint density at radius 1 is 1.02 bits per heavy atom. The molecule has 0 saturated carbocycles. The van der Waals surface area contributed by atoms with Gasteiger partial charge in [-0.15, -0.1) is 0 Å². The van der Waals surface area contributed by atoms with Crippen LogP contribution in [0.2, 0.25) is 0 Å². The fourth-order valence-corrected chi connectivity index (χ4v) is 5.40. The molecule has 2 aromatic rings. The van der Waals surface area contributed by atoms with Gasteiger partial charge in [0.2, 0.25) is 5.91 Å². The number of nitrogens with zero attached hydrogens (tertiary/aromatic N) is 1. The second-order valence-corrected chi connectivity index (χ2v) is 10.9. The Morgan fingerprint density at radius 3 is 2.38 bits per heavy atom. The average Bonchev–Trinajstić information content (AvgIpc) is 2.94. The van der Waals surface area contributed by atoms with E-state index in [1.165, 1.54) is 17.7 Å². The van der Waals surface area contributed by atoms with Gasteiger partial charge in [0.05, 0.1) is 24.3 Å². The van der Waals surface area contributed by atoms with Crippen molar-refractivity contribution in [3.05, 3.63) is 70.8 Å². The number of nitrogens with one attached hydrogen (secondary N) is 2. The first-order valence-electron chi connectivity index (χ1n) is 14.9. The summed E-state index contributed by atoms with van der Waals surface area (Å²) < 4.78 is 33.8. The summed E-state index contributed by atoms with van der Waals surface area (Å²) in [6, 6.07) is 10.5. The van der Waals surface area contributed by atoms with Crippen LogP contribution in [0.3, 0.4) is 0 Å². The lowest BCUT2D eigenvalue weighted by atomic mass is 9.98. The molecule has 3 rings (SSSR count). The number of carbonyl (C=O) groups is 1. The van der Waals surface area contributed by atoms with Crippen molar-refractivity contribution in [2.45, 2.75) is 96.6 Å². The van der Waals surface area contributed by atoms with Gasteiger partial charge in [-0.1, -0.05) is 51.5 Å². The van der Waals surface area contributed by atoms with Crippen LogP contribution in [0.5, 0.6) is 0 Å². The molecule has 1 aliphatic rings. The lowest BCUT2D eigenvalue weighted by Crippen LogP contribution is -2.56. The normalized spacial score (nSPS) is 16.9. The van der Waals surface area contributed by atoms with Gasteiger partial charge < -0.3 is 20.5 Å². The number of aliphatic hydroxyl groups excluding tert-OH is 1. The second-order valence-electron chi connectivity index (χ2n) is 10.9. The summed E-state index contributed by atoms with van der Waals surface area (Å²) in [6.45, 7) is 9.33. The Balaban J connectivity index is 1.68. The number of ether oxygens (including phenoxy) is 1. The Labute approximate surface area is 238 Å². The molecular weight excluding hydrogens is 512 g/mol. The van der Waals surface area contributed by atoms with Crippen molar-refractivity contribution in [1.82, 2.24) is 15.5 Å². The monoisotopic (exact) mass is 559 g/mol. The molecule has 3 atom stereocenters. The highest BCUT2D eigenvalue weighted by Crippen LogP contribution is 2.20. The number of piperidine rings is 1. The molecule has 40 heavy (non-hydrogen) atoms. The van der Waals surface area contributed by atoms with Crippen molar-refractivity contribution in [3.8, 4) is 0 Å². The number of aliphatic hydroxyl groups is 1. The van der Waals surface area contributed by atoms with Gasteiger partial charge in [0.15, 0.2) is 0 Å². The largest absolute Gasteiger partial charge is 0.390 e. The fourth-order valence-electron chi connectivity index (χ4n) is 5.40. The van der Waals surface area contributed by atoms with Gasteiger partial charge in [0.25, 0.3) is 0 Å². The topological polar surface area (TPSA) is 73.8 Å². The number of rotatable bonds is 16. The summed E-state index contributed by atoms with van der Waals surface area (Å²) in [5.41, 5.74) is 2.73. The van der Waals surface area contributed by atoms with Crippen LogP contribution in [-0.2, 0) is 28.9 Å². The Kier molecular flexibility index (Phi) is 13.5. The minimum absolute atomic E-state index is 0.111. The predicted octanol–water partition coefficient (Wildman–Crippen LogP) is 4.76. The lowest BCUT2D eigenvalue weighted by molar-refractivity contribution is -0.129. The Morgan fingerprint density at radius 2 is 1.73 bits per heavy atom. The lowest BCUT2D eigenvalue weighted by Gasteiger charge is -2.37. The number of aryl methyl sites for hydroxylation is 1. The molecular formula is C32H47F2N3O3. The van der Waals surface area contributed by atoms with Gasteiger partial charge in [0, 0.05) is 38.9 Å². The zero-order chi connectivity index (χ0) is 28.9. The van der Waals surface area contributed by atoms with Gasteiger partial charge in [-0.25, -0.2) is 8.78 Å². The Hall–Kier alpha value is -2.39. The van der Waals surface area contributed by atoms with E-state index in [-0.39, 0.29) is 31.0 Å². The quantitative estimate of drug-likeness (QED) is 0.277. The summed E-state index contributed by atoms with van der Waals surface area (Å²) in [7, 11) is 0. The number of amides is 1. The summed E-state index contributed by atoms with van der Waals surface area (Å²) in [6.07, 6.45) is 4.60. The van der Waals surface area contributed by atoms with Gasteiger partial charge in [-0.3, -0.25) is 9.69 Å². The highest BCUT2D eigenvalue weighted by atomic mass is 19.1. The fraction of sp³-hybridized carbons (Fsp3) is 0.594. The maximum absolute atomic E-state index is 14.0. The molecule has 0 aliphatic carbocycles.